The molecule has 1 N–H and O–H groups in total. The molecule has 0 aliphatic carbocycles. The van der Waals surface area contributed by atoms with Gasteiger partial charge in [-0.05, 0) is 67.3 Å². The first kappa shape index (κ1) is 30.5. The topological polar surface area (TPSA) is 86.8 Å². The van der Waals surface area contributed by atoms with E-state index in [0.29, 0.717) is 27.8 Å². The third-order valence-corrected chi connectivity index (χ3v) is 8.30. The van der Waals surface area contributed by atoms with Crippen LogP contribution in [0.5, 0.6) is 0 Å². The number of benzene rings is 3. The fraction of sp³-hybridized carbons (Fsp3) is 0.310. The summed E-state index contributed by atoms with van der Waals surface area (Å²) in [6, 6.07) is 18.7. The number of carbonyl (C=O) groups is 2. The van der Waals surface area contributed by atoms with Gasteiger partial charge in [-0.15, -0.1) is 0 Å². The van der Waals surface area contributed by atoms with Crippen molar-refractivity contribution in [3.05, 3.63) is 99.0 Å². The zero-order valence-corrected chi connectivity index (χ0v) is 24.8. The van der Waals surface area contributed by atoms with E-state index in [2.05, 4.69) is 5.32 Å². The molecule has 10 heteroatoms. The highest BCUT2D eigenvalue weighted by atomic mass is 35.5. The highest BCUT2D eigenvalue weighted by Crippen LogP contribution is 2.26. The van der Waals surface area contributed by atoms with E-state index in [1.54, 1.807) is 37.3 Å². The lowest BCUT2D eigenvalue weighted by atomic mass is 10.0. The van der Waals surface area contributed by atoms with E-state index in [-0.39, 0.29) is 18.9 Å². The molecule has 0 bridgehead atoms. The average molecular weight is 591 g/mol. The molecule has 208 valence electrons. The number of sulfonamides is 1. The zero-order chi connectivity index (χ0) is 28.7. The van der Waals surface area contributed by atoms with Crippen molar-refractivity contribution in [1.29, 1.82) is 0 Å². The number of anilines is 1. The number of rotatable bonds is 11. The molecule has 3 aromatic rings. The SMILES string of the molecule is CCNC(=O)C(Cc1ccccc1)N(Cc1ccc(Cl)c(Cl)c1)C(=O)CN(c1ccc(C)c(C)c1)S(C)(=O)=O. The number of aryl methyl sites for hydroxylation is 2. The quantitative estimate of drug-likeness (QED) is 0.335. The molecule has 0 aromatic heterocycles. The van der Waals surface area contributed by atoms with Crippen LogP contribution in [-0.2, 0) is 32.6 Å². The molecular weight excluding hydrogens is 557 g/mol. The molecule has 0 fully saturated rings. The Labute approximate surface area is 240 Å². The third kappa shape index (κ3) is 8.21. The van der Waals surface area contributed by atoms with Crippen molar-refractivity contribution in [2.24, 2.45) is 0 Å². The molecule has 0 saturated heterocycles. The van der Waals surface area contributed by atoms with E-state index in [1.807, 2.05) is 50.2 Å². The monoisotopic (exact) mass is 589 g/mol. The Hall–Kier alpha value is -3.07. The first-order valence-electron chi connectivity index (χ1n) is 12.5. The first-order valence-corrected chi connectivity index (χ1v) is 15.1. The van der Waals surface area contributed by atoms with Gasteiger partial charge in [0.1, 0.15) is 12.6 Å². The van der Waals surface area contributed by atoms with Crippen LogP contribution in [0.1, 0.15) is 29.2 Å². The van der Waals surface area contributed by atoms with Gasteiger partial charge in [-0.2, -0.15) is 0 Å². The average Bonchev–Trinajstić information content (AvgIpc) is 2.88. The number of carbonyl (C=O) groups excluding carboxylic acids is 2. The molecule has 39 heavy (non-hydrogen) atoms. The fourth-order valence-electron chi connectivity index (χ4n) is 4.18. The summed E-state index contributed by atoms with van der Waals surface area (Å²) in [5.74, 6) is -0.872. The first-order chi connectivity index (χ1) is 18.4. The smallest absolute Gasteiger partial charge is 0.244 e. The van der Waals surface area contributed by atoms with E-state index in [1.165, 1.54) is 4.90 Å². The Morgan fingerprint density at radius 2 is 1.59 bits per heavy atom. The number of halogens is 2. The standard InChI is InChI=1S/C29H33Cl2N3O4S/c1-5-32-29(36)27(17-22-9-7-6-8-10-22)33(18-23-12-14-25(30)26(31)16-23)28(35)19-34(39(4,37)38)24-13-11-20(2)21(3)15-24/h6-16,27H,5,17-19H2,1-4H3,(H,32,36). The second-order valence-corrected chi connectivity index (χ2v) is 12.1. The Bertz CT molecular complexity index is 1430. The number of hydrogen-bond acceptors (Lipinski definition) is 4. The maximum absolute atomic E-state index is 14.0. The van der Waals surface area contributed by atoms with Crippen LogP contribution in [0, 0.1) is 13.8 Å². The molecule has 0 radical (unpaired) electrons. The van der Waals surface area contributed by atoms with Gasteiger partial charge in [-0.1, -0.05) is 65.7 Å². The summed E-state index contributed by atoms with van der Waals surface area (Å²) in [6.45, 7) is 5.52. The van der Waals surface area contributed by atoms with E-state index in [9.17, 15) is 18.0 Å². The van der Waals surface area contributed by atoms with Gasteiger partial charge in [0.05, 0.1) is 22.0 Å². The summed E-state index contributed by atoms with van der Waals surface area (Å²) in [6.07, 6.45) is 1.30. The van der Waals surface area contributed by atoms with Crippen molar-refractivity contribution in [2.75, 3.05) is 23.7 Å². The van der Waals surface area contributed by atoms with Crippen molar-refractivity contribution < 1.29 is 18.0 Å². The molecule has 0 aliphatic rings. The van der Waals surface area contributed by atoms with Gasteiger partial charge in [0.15, 0.2) is 0 Å². The summed E-state index contributed by atoms with van der Waals surface area (Å²) in [7, 11) is -3.83. The minimum Gasteiger partial charge on any atom is -0.355 e. The minimum atomic E-state index is -3.83. The van der Waals surface area contributed by atoms with Gasteiger partial charge in [-0.3, -0.25) is 13.9 Å². The number of nitrogens with zero attached hydrogens (tertiary/aromatic N) is 2. The number of amides is 2. The number of nitrogens with one attached hydrogen (secondary N) is 1. The van der Waals surface area contributed by atoms with E-state index in [4.69, 9.17) is 23.2 Å². The van der Waals surface area contributed by atoms with Crippen LogP contribution in [0.4, 0.5) is 5.69 Å². The summed E-state index contributed by atoms with van der Waals surface area (Å²) in [5, 5.41) is 3.50. The lowest BCUT2D eigenvalue weighted by Gasteiger charge is -2.33. The van der Waals surface area contributed by atoms with Gasteiger partial charge < -0.3 is 10.2 Å². The van der Waals surface area contributed by atoms with Gasteiger partial charge in [0, 0.05) is 19.5 Å². The van der Waals surface area contributed by atoms with Crippen LogP contribution in [0.15, 0.2) is 66.7 Å². The lowest BCUT2D eigenvalue weighted by Crippen LogP contribution is -2.53. The Balaban J connectivity index is 2.07. The van der Waals surface area contributed by atoms with Crippen LogP contribution < -0.4 is 9.62 Å². The van der Waals surface area contributed by atoms with Crippen molar-refractivity contribution in [3.8, 4) is 0 Å². The largest absolute Gasteiger partial charge is 0.355 e. The van der Waals surface area contributed by atoms with Crippen molar-refractivity contribution in [2.45, 2.75) is 39.8 Å². The van der Waals surface area contributed by atoms with E-state index < -0.39 is 28.5 Å². The normalized spacial score (nSPS) is 12.1. The molecule has 1 unspecified atom stereocenters. The lowest BCUT2D eigenvalue weighted by molar-refractivity contribution is -0.140. The second kappa shape index (κ2) is 13.3. The molecule has 3 rings (SSSR count). The summed E-state index contributed by atoms with van der Waals surface area (Å²) >= 11 is 12.4. The van der Waals surface area contributed by atoms with Crippen molar-refractivity contribution >= 4 is 50.7 Å². The molecule has 0 aliphatic heterocycles. The van der Waals surface area contributed by atoms with Gasteiger partial charge in [-0.25, -0.2) is 8.42 Å². The molecule has 0 saturated carbocycles. The van der Waals surface area contributed by atoms with Gasteiger partial charge >= 0.3 is 0 Å². The van der Waals surface area contributed by atoms with Crippen molar-refractivity contribution in [1.82, 2.24) is 10.2 Å². The van der Waals surface area contributed by atoms with Crippen LogP contribution in [0.25, 0.3) is 0 Å². The molecule has 3 aromatic carbocycles. The number of hydrogen-bond donors (Lipinski definition) is 1. The van der Waals surface area contributed by atoms with Crippen LogP contribution in [-0.4, -0.2) is 50.5 Å². The predicted octanol–water partition coefficient (Wildman–Crippen LogP) is 5.15. The van der Waals surface area contributed by atoms with E-state index >= 15 is 0 Å². The molecule has 0 heterocycles. The van der Waals surface area contributed by atoms with Crippen LogP contribution in [0.3, 0.4) is 0 Å². The zero-order valence-electron chi connectivity index (χ0n) is 22.4. The summed E-state index contributed by atoms with van der Waals surface area (Å²) < 4.78 is 26.8. The van der Waals surface area contributed by atoms with Crippen molar-refractivity contribution in [3.63, 3.8) is 0 Å². The van der Waals surface area contributed by atoms with E-state index in [0.717, 1.165) is 27.3 Å². The minimum absolute atomic E-state index is 0.0227. The van der Waals surface area contributed by atoms with Crippen LogP contribution in [0.2, 0.25) is 10.0 Å². The fourth-order valence-corrected chi connectivity index (χ4v) is 5.34. The third-order valence-electron chi connectivity index (χ3n) is 6.42. The summed E-state index contributed by atoms with van der Waals surface area (Å²) in [4.78, 5) is 28.8. The second-order valence-electron chi connectivity index (χ2n) is 9.41. The Morgan fingerprint density at radius 1 is 0.897 bits per heavy atom. The maximum Gasteiger partial charge on any atom is 0.244 e. The Kier molecular flexibility index (Phi) is 10.4. The Morgan fingerprint density at radius 3 is 2.18 bits per heavy atom. The van der Waals surface area contributed by atoms with Gasteiger partial charge in [0.2, 0.25) is 21.8 Å². The highest BCUT2D eigenvalue weighted by Gasteiger charge is 2.33. The summed E-state index contributed by atoms with van der Waals surface area (Å²) in [5.41, 5.74) is 3.78. The number of likely N-dealkylation sites (N-methyl/N-ethyl adjacent to an activating group) is 1. The van der Waals surface area contributed by atoms with Gasteiger partial charge in [0.25, 0.3) is 0 Å². The molecule has 1 atom stereocenters. The maximum atomic E-state index is 14.0. The predicted molar refractivity (Wildman–Crippen MR) is 158 cm³/mol. The molecular formula is C29H33Cl2N3O4S. The van der Waals surface area contributed by atoms with Crippen LogP contribution >= 0.6 is 23.2 Å². The molecule has 0 spiro atoms. The highest BCUT2D eigenvalue weighted by molar-refractivity contribution is 7.92. The molecule has 2 amide bonds. The molecule has 7 nitrogen and oxygen atoms in total.